The first kappa shape index (κ1) is 14.4. The second kappa shape index (κ2) is 6.46. The van der Waals surface area contributed by atoms with Crippen molar-refractivity contribution in [3.8, 4) is 0 Å². The fourth-order valence-electron chi connectivity index (χ4n) is 2.73. The third kappa shape index (κ3) is 3.96. The smallest absolute Gasteiger partial charge is 0.117 e. The number of benzene rings is 1. The molecule has 1 aromatic carbocycles. The summed E-state index contributed by atoms with van der Waals surface area (Å²) in [6, 6.07) is 14.2. The van der Waals surface area contributed by atoms with Crippen molar-refractivity contribution in [2.75, 3.05) is 6.54 Å². The Labute approximate surface area is 126 Å². The molecule has 112 valence electrons. The van der Waals surface area contributed by atoms with Crippen LogP contribution in [-0.4, -0.2) is 17.8 Å². The van der Waals surface area contributed by atoms with Gasteiger partial charge in [-0.25, -0.2) is 0 Å². The Bertz CT molecular complexity index is 564. The summed E-state index contributed by atoms with van der Waals surface area (Å²) in [7, 11) is 0. The summed E-state index contributed by atoms with van der Waals surface area (Å²) in [5.74, 6) is 3.47. The van der Waals surface area contributed by atoms with Crippen LogP contribution in [0.2, 0.25) is 0 Å². The molecule has 3 rings (SSSR count). The van der Waals surface area contributed by atoms with Crippen molar-refractivity contribution in [1.29, 1.82) is 0 Å². The lowest BCUT2D eigenvalue weighted by Gasteiger charge is -2.11. The van der Waals surface area contributed by atoms with E-state index in [1.165, 1.54) is 6.42 Å². The van der Waals surface area contributed by atoms with Crippen LogP contribution in [-0.2, 0) is 13.0 Å². The average molecular weight is 285 g/mol. The summed E-state index contributed by atoms with van der Waals surface area (Å²) in [5, 5.41) is 13.3. The molecule has 21 heavy (non-hydrogen) atoms. The van der Waals surface area contributed by atoms with Crippen molar-refractivity contribution in [3.63, 3.8) is 0 Å². The van der Waals surface area contributed by atoms with Gasteiger partial charge in [-0.2, -0.15) is 0 Å². The van der Waals surface area contributed by atoms with Crippen LogP contribution >= 0.6 is 0 Å². The zero-order valence-electron chi connectivity index (χ0n) is 12.5. The highest BCUT2D eigenvalue weighted by atomic mass is 16.3. The van der Waals surface area contributed by atoms with Gasteiger partial charge in [0, 0.05) is 12.5 Å². The quantitative estimate of drug-likeness (QED) is 0.821. The molecule has 0 amide bonds. The van der Waals surface area contributed by atoms with E-state index in [0.29, 0.717) is 25.4 Å². The second-order valence-corrected chi connectivity index (χ2v) is 6.10. The van der Waals surface area contributed by atoms with Gasteiger partial charge in [-0.3, -0.25) is 0 Å². The van der Waals surface area contributed by atoms with Gasteiger partial charge in [0.25, 0.3) is 0 Å². The number of furan rings is 1. The largest absolute Gasteiger partial charge is 0.464 e. The zero-order valence-corrected chi connectivity index (χ0v) is 12.5. The molecule has 0 saturated heterocycles. The second-order valence-electron chi connectivity index (χ2n) is 6.10. The molecule has 3 unspecified atom stereocenters. The average Bonchev–Trinajstić information content (AvgIpc) is 3.02. The van der Waals surface area contributed by atoms with Crippen LogP contribution in [0.15, 0.2) is 46.9 Å². The third-order valence-corrected chi connectivity index (χ3v) is 4.15. The predicted molar refractivity (Wildman–Crippen MR) is 83.1 cm³/mol. The van der Waals surface area contributed by atoms with Crippen LogP contribution in [0, 0.1) is 5.92 Å². The fourth-order valence-corrected chi connectivity index (χ4v) is 2.73. The maximum absolute atomic E-state index is 10.0. The Kier molecular flexibility index (Phi) is 4.42. The van der Waals surface area contributed by atoms with Crippen LogP contribution in [0.3, 0.4) is 0 Å². The minimum atomic E-state index is -0.370. The van der Waals surface area contributed by atoms with Crippen LogP contribution in [0.25, 0.3) is 0 Å². The van der Waals surface area contributed by atoms with Crippen molar-refractivity contribution >= 4 is 0 Å². The first-order chi connectivity index (χ1) is 10.2. The Hall–Kier alpha value is -1.58. The predicted octanol–water partition coefficient (Wildman–Crippen LogP) is 3.10. The van der Waals surface area contributed by atoms with Crippen molar-refractivity contribution in [3.05, 3.63) is 59.5 Å². The standard InChI is InChI=1S/C18H23NO2/c1-13-9-17(13)18-8-7-16(21-18)12-19-11-15(20)10-14-5-3-2-4-6-14/h2-8,13,15,17,19-20H,9-12H2,1H3. The Morgan fingerprint density at radius 1 is 1.24 bits per heavy atom. The Morgan fingerprint density at radius 2 is 2.00 bits per heavy atom. The number of rotatable bonds is 7. The molecular weight excluding hydrogens is 262 g/mol. The van der Waals surface area contributed by atoms with E-state index in [2.05, 4.69) is 18.3 Å². The molecule has 0 aliphatic heterocycles. The van der Waals surface area contributed by atoms with E-state index in [1.807, 2.05) is 36.4 Å². The van der Waals surface area contributed by atoms with Gasteiger partial charge in [0.1, 0.15) is 11.5 Å². The SMILES string of the molecule is CC1CC1c1ccc(CNCC(O)Cc2ccccc2)o1. The van der Waals surface area contributed by atoms with Gasteiger partial charge in [-0.15, -0.1) is 0 Å². The normalized spacial score (nSPS) is 22.2. The maximum atomic E-state index is 10.0. The number of nitrogens with one attached hydrogen (secondary N) is 1. The summed E-state index contributed by atoms with van der Waals surface area (Å²) in [6.45, 7) is 3.50. The van der Waals surface area contributed by atoms with Crippen LogP contribution in [0.5, 0.6) is 0 Å². The highest BCUT2D eigenvalue weighted by molar-refractivity contribution is 5.18. The molecule has 1 heterocycles. The summed E-state index contributed by atoms with van der Waals surface area (Å²) in [6.07, 6.45) is 1.55. The fraction of sp³-hybridized carbons (Fsp3) is 0.444. The number of aliphatic hydroxyl groups excluding tert-OH is 1. The first-order valence-corrected chi connectivity index (χ1v) is 7.73. The molecule has 2 N–H and O–H groups in total. The van der Waals surface area contributed by atoms with E-state index >= 15 is 0 Å². The van der Waals surface area contributed by atoms with Crippen LogP contribution < -0.4 is 5.32 Å². The van der Waals surface area contributed by atoms with Gasteiger partial charge in [0.05, 0.1) is 12.6 Å². The summed E-state index contributed by atoms with van der Waals surface area (Å²) >= 11 is 0. The van der Waals surface area contributed by atoms with Crippen molar-refractivity contribution < 1.29 is 9.52 Å². The van der Waals surface area contributed by atoms with Gasteiger partial charge in [0.15, 0.2) is 0 Å². The van der Waals surface area contributed by atoms with Gasteiger partial charge in [0.2, 0.25) is 0 Å². The molecule has 1 saturated carbocycles. The van der Waals surface area contributed by atoms with E-state index in [-0.39, 0.29) is 6.10 Å². The third-order valence-electron chi connectivity index (χ3n) is 4.15. The number of hydrogen-bond donors (Lipinski definition) is 2. The van der Waals surface area contributed by atoms with Crippen molar-refractivity contribution in [1.82, 2.24) is 5.32 Å². The topological polar surface area (TPSA) is 45.4 Å². The maximum Gasteiger partial charge on any atom is 0.117 e. The van der Waals surface area contributed by atoms with Crippen LogP contribution in [0.1, 0.15) is 36.3 Å². The van der Waals surface area contributed by atoms with Crippen LogP contribution in [0.4, 0.5) is 0 Å². The molecule has 3 heteroatoms. The van der Waals surface area contributed by atoms with Gasteiger partial charge in [-0.1, -0.05) is 37.3 Å². The van der Waals surface area contributed by atoms with Crippen molar-refractivity contribution in [2.45, 2.75) is 38.3 Å². The van der Waals surface area contributed by atoms with Gasteiger partial charge in [-0.05, 0) is 36.5 Å². The van der Waals surface area contributed by atoms with E-state index in [4.69, 9.17) is 4.42 Å². The Morgan fingerprint density at radius 3 is 2.71 bits per heavy atom. The number of aliphatic hydroxyl groups is 1. The van der Waals surface area contributed by atoms with E-state index in [9.17, 15) is 5.11 Å². The molecule has 0 spiro atoms. The molecule has 3 nitrogen and oxygen atoms in total. The van der Waals surface area contributed by atoms with Crippen molar-refractivity contribution in [2.24, 2.45) is 5.92 Å². The van der Waals surface area contributed by atoms with Gasteiger partial charge < -0.3 is 14.8 Å². The molecule has 2 aromatic rings. The monoisotopic (exact) mass is 285 g/mol. The summed E-state index contributed by atoms with van der Waals surface area (Å²) < 4.78 is 5.83. The minimum Gasteiger partial charge on any atom is -0.464 e. The molecule has 1 fully saturated rings. The lowest BCUT2D eigenvalue weighted by atomic mass is 10.1. The lowest BCUT2D eigenvalue weighted by Crippen LogP contribution is -2.27. The zero-order chi connectivity index (χ0) is 14.7. The lowest BCUT2D eigenvalue weighted by molar-refractivity contribution is 0.170. The molecule has 1 aliphatic rings. The minimum absolute atomic E-state index is 0.370. The highest BCUT2D eigenvalue weighted by Crippen LogP contribution is 2.47. The van der Waals surface area contributed by atoms with E-state index in [0.717, 1.165) is 23.0 Å². The molecule has 3 atom stereocenters. The highest BCUT2D eigenvalue weighted by Gasteiger charge is 2.36. The van der Waals surface area contributed by atoms with E-state index in [1.54, 1.807) is 0 Å². The molecule has 0 bridgehead atoms. The Balaban J connectivity index is 1.40. The molecule has 1 aliphatic carbocycles. The first-order valence-electron chi connectivity index (χ1n) is 7.73. The van der Waals surface area contributed by atoms with E-state index < -0.39 is 0 Å². The van der Waals surface area contributed by atoms with Gasteiger partial charge >= 0.3 is 0 Å². The summed E-state index contributed by atoms with van der Waals surface area (Å²) in [5.41, 5.74) is 1.16. The number of hydrogen-bond acceptors (Lipinski definition) is 3. The molecule has 1 aromatic heterocycles. The molecular formula is C18H23NO2. The molecule has 0 radical (unpaired) electrons. The summed E-state index contributed by atoms with van der Waals surface area (Å²) in [4.78, 5) is 0.